The average molecular weight is 582 g/mol. The maximum absolute atomic E-state index is 13.5. The van der Waals surface area contributed by atoms with E-state index in [-0.39, 0.29) is 49.5 Å². The number of carbonyl (C=O) groups is 2. The van der Waals surface area contributed by atoms with Gasteiger partial charge in [-0.25, -0.2) is 8.42 Å². The fourth-order valence-electron chi connectivity index (χ4n) is 4.96. The summed E-state index contributed by atoms with van der Waals surface area (Å²) in [5, 5.41) is 3.08. The third kappa shape index (κ3) is 8.71. The molecular formula is C29H38F3N3O4S. The lowest BCUT2D eigenvalue weighted by atomic mass is 9.95. The summed E-state index contributed by atoms with van der Waals surface area (Å²) in [5.74, 6) is -0.581. The van der Waals surface area contributed by atoms with Crippen molar-refractivity contribution in [3.8, 4) is 0 Å². The van der Waals surface area contributed by atoms with Gasteiger partial charge >= 0.3 is 6.18 Å². The first-order valence-corrected chi connectivity index (χ1v) is 15.4. The predicted molar refractivity (Wildman–Crippen MR) is 149 cm³/mol. The second-order valence-corrected chi connectivity index (χ2v) is 12.4. The SMILES string of the molecule is Cc1ccccc1CN(C(=O)CCCN(c1cccc(C(F)(F)F)c1)S(C)(=O)=O)[C@H](C)C(=O)NC1CCCCC1. The summed E-state index contributed by atoms with van der Waals surface area (Å²) < 4.78 is 65.5. The molecule has 1 aliphatic carbocycles. The third-order valence-corrected chi connectivity index (χ3v) is 8.53. The molecule has 0 heterocycles. The minimum atomic E-state index is -4.63. The fraction of sp³-hybridized carbons (Fsp3) is 0.517. The summed E-state index contributed by atoms with van der Waals surface area (Å²) >= 11 is 0. The molecule has 0 spiro atoms. The van der Waals surface area contributed by atoms with Crippen molar-refractivity contribution in [2.75, 3.05) is 17.1 Å². The molecule has 1 atom stereocenters. The molecule has 2 aromatic rings. The van der Waals surface area contributed by atoms with Gasteiger partial charge in [0.2, 0.25) is 21.8 Å². The van der Waals surface area contributed by atoms with Crippen molar-refractivity contribution < 1.29 is 31.2 Å². The number of hydrogen-bond acceptors (Lipinski definition) is 4. The quantitative estimate of drug-likeness (QED) is 0.384. The molecule has 1 aliphatic rings. The summed E-state index contributed by atoms with van der Waals surface area (Å²) in [7, 11) is -3.92. The van der Waals surface area contributed by atoms with Crippen LogP contribution in [0, 0.1) is 6.92 Å². The van der Waals surface area contributed by atoms with Crippen molar-refractivity contribution in [3.05, 3.63) is 65.2 Å². The Balaban J connectivity index is 1.75. The molecule has 1 fully saturated rings. The van der Waals surface area contributed by atoms with E-state index >= 15 is 0 Å². The molecule has 1 saturated carbocycles. The van der Waals surface area contributed by atoms with Gasteiger partial charge in [-0.2, -0.15) is 13.2 Å². The molecule has 7 nitrogen and oxygen atoms in total. The van der Waals surface area contributed by atoms with Crippen molar-refractivity contribution in [3.63, 3.8) is 0 Å². The first-order chi connectivity index (χ1) is 18.8. The zero-order valence-corrected chi connectivity index (χ0v) is 24.0. The van der Waals surface area contributed by atoms with Crippen LogP contribution in [0.2, 0.25) is 0 Å². The second kappa shape index (κ2) is 13.5. The Morgan fingerprint density at radius 3 is 2.35 bits per heavy atom. The molecule has 2 amide bonds. The Labute approximate surface area is 234 Å². The predicted octanol–water partition coefficient (Wildman–Crippen LogP) is 5.43. The van der Waals surface area contributed by atoms with Crippen LogP contribution < -0.4 is 9.62 Å². The van der Waals surface area contributed by atoms with Gasteiger partial charge in [0, 0.05) is 25.6 Å². The van der Waals surface area contributed by atoms with E-state index < -0.39 is 27.8 Å². The summed E-state index contributed by atoms with van der Waals surface area (Å²) in [6.07, 6.45) is 1.31. The maximum Gasteiger partial charge on any atom is 0.416 e. The Kier molecular flexibility index (Phi) is 10.6. The van der Waals surface area contributed by atoms with Gasteiger partial charge in [0.05, 0.1) is 17.5 Å². The molecule has 0 radical (unpaired) electrons. The van der Waals surface area contributed by atoms with Gasteiger partial charge in [0.15, 0.2) is 0 Å². The average Bonchev–Trinajstić information content (AvgIpc) is 2.89. The standard InChI is InChI=1S/C29H38F3N3O4S/c1-21-11-7-8-12-23(21)20-34(22(2)28(37)33-25-14-5-4-6-15-25)27(36)17-10-18-35(40(3,38)39)26-16-9-13-24(19-26)29(30,31)32/h7-9,11-13,16,19,22,25H,4-6,10,14-15,17-18,20H2,1-3H3,(H,33,37)/t22-/m1/s1. The summed E-state index contributed by atoms with van der Waals surface area (Å²) in [5.41, 5.74) is 0.765. The van der Waals surface area contributed by atoms with Gasteiger partial charge in [-0.15, -0.1) is 0 Å². The molecule has 3 rings (SSSR count). The van der Waals surface area contributed by atoms with Crippen molar-refractivity contribution in [2.24, 2.45) is 0 Å². The number of rotatable bonds is 11. The number of nitrogens with zero attached hydrogens (tertiary/aromatic N) is 2. The number of alkyl halides is 3. The molecule has 0 unspecified atom stereocenters. The highest BCUT2D eigenvalue weighted by molar-refractivity contribution is 7.92. The van der Waals surface area contributed by atoms with Crippen LogP contribution in [0.5, 0.6) is 0 Å². The highest BCUT2D eigenvalue weighted by Gasteiger charge is 2.32. The minimum absolute atomic E-state index is 0.0589. The largest absolute Gasteiger partial charge is 0.416 e. The highest BCUT2D eigenvalue weighted by Crippen LogP contribution is 2.32. The van der Waals surface area contributed by atoms with Crippen LogP contribution in [0.3, 0.4) is 0 Å². The molecule has 0 aromatic heterocycles. The lowest BCUT2D eigenvalue weighted by molar-refractivity contribution is -0.141. The number of benzene rings is 2. The summed E-state index contributed by atoms with van der Waals surface area (Å²) in [6.45, 7) is 3.62. The molecule has 40 heavy (non-hydrogen) atoms. The van der Waals surface area contributed by atoms with Gasteiger partial charge < -0.3 is 10.2 Å². The smallest absolute Gasteiger partial charge is 0.352 e. The van der Waals surface area contributed by atoms with Gasteiger partial charge in [0.25, 0.3) is 0 Å². The molecule has 2 aromatic carbocycles. The zero-order valence-electron chi connectivity index (χ0n) is 23.2. The molecule has 11 heteroatoms. The number of nitrogens with one attached hydrogen (secondary N) is 1. The normalized spacial score (nSPS) is 15.3. The van der Waals surface area contributed by atoms with E-state index in [1.54, 1.807) is 6.92 Å². The minimum Gasteiger partial charge on any atom is -0.352 e. The number of amides is 2. The Morgan fingerprint density at radius 2 is 1.73 bits per heavy atom. The van der Waals surface area contributed by atoms with Crippen molar-refractivity contribution >= 4 is 27.5 Å². The maximum atomic E-state index is 13.5. The molecule has 0 aliphatic heterocycles. The summed E-state index contributed by atoms with van der Waals surface area (Å²) in [4.78, 5) is 28.1. The Morgan fingerprint density at radius 1 is 1.05 bits per heavy atom. The molecule has 220 valence electrons. The topological polar surface area (TPSA) is 86.8 Å². The number of aryl methyl sites for hydroxylation is 1. The van der Waals surface area contributed by atoms with E-state index in [9.17, 15) is 31.2 Å². The fourth-order valence-corrected chi connectivity index (χ4v) is 5.92. The van der Waals surface area contributed by atoms with Crippen LogP contribution in [-0.4, -0.2) is 50.0 Å². The van der Waals surface area contributed by atoms with E-state index in [1.807, 2.05) is 31.2 Å². The van der Waals surface area contributed by atoms with E-state index in [2.05, 4.69) is 5.32 Å². The van der Waals surface area contributed by atoms with Crippen LogP contribution in [0.25, 0.3) is 0 Å². The van der Waals surface area contributed by atoms with E-state index in [0.29, 0.717) is 0 Å². The zero-order chi connectivity index (χ0) is 29.5. The first-order valence-electron chi connectivity index (χ1n) is 13.6. The van der Waals surface area contributed by atoms with E-state index in [0.717, 1.165) is 72.0 Å². The van der Waals surface area contributed by atoms with Gasteiger partial charge in [0.1, 0.15) is 6.04 Å². The number of anilines is 1. The van der Waals surface area contributed by atoms with Crippen LogP contribution in [-0.2, 0) is 32.3 Å². The van der Waals surface area contributed by atoms with Gasteiger partial charge in [-0.05, 0) is 62.4 Å². The van der Waals surface area contributed by atoms with Crippen molar-refractivity contribution in [2.45, 2.75) is 83.6 Å². The Hall–Kier alpha value is -3.08. The van der Waals surface area contributed by atoms with E-state index in [1.165, 1.54) is 11.0 Å². The molecule has 1 N–H and O–H groups in total. The first kappa shape index (κ1) is 31.4. The van der Waals surface area contributed by atoms with Crippen LogP contribution in [0.1, 0.15) is 68.6 Å². The van der Waals surface area contributed by atoms with Gasteiger partial charge in [-0.3, -0.25) is 13.9 Å². The third-order valence-electron chi connectivity index (χ3n) is 7.33. The monoisotopic (exact) mass is 581 g/mol. The van der Waals surface area contributed by atoms with Gasteiger partial charge in [-0.1, -0.05) is 49.6 Å². The summed E-state index contributed by atoms with van der Waals surface area (Å²) in [6, 6.07) is 11.0. The second-order valence-electron chi connectivity index (χ2n) is 10.5. The highest BCUT2D eigenvalue weighted by atomic mass is 32.2. The van der Waals surface area contributed by atoms with Crippen LogP contribution in [0.4, 0.5) is 18.9 Å². The molecule has 0 bridgehead atoms. The van der Waals surface area contributed by atoms with Crippen molar-refractivity contribution in [1.29, 1.82) is 0 Å². The van der Waals surface area contributed by atoms with E-state index in [4.69, 9.17) is 0 Å². The van der Waals surface area contributed by atoms with Crippen LogP contribution >= 0.6 is 0 Å². The van der Waals surface area contributed by atoms with Crippen LogP contribution in [0.15, 0.2) is 48.5 Å². The Bertz CT molecular complexity index is 1280. The molecular weight excluding hydrogens is 543 g/mol. The molecule has 0 saturated heterocycles. The number of halogens is 3. The number of carbonyl (C=O) groups excluding carboxylic acids is 2. The lowest BCUT2D eigenvalue weighted by Crippen LogP contribution is -2.50. The number of hydrogen-bond donors (Lipinski definition) is 1. The lowest BCUT2D eigenvalue weighted by Gasteiger charge is -2.32. The van der Waals surface area contributed by atoms with Crippen molar-refractivity contribution in [1.82, 2.24) is 10.2 Å². The number of sulfonamides is 1.